The highest BCUT2D eigenvalue weighted by Crippen LogP contribution is 2.28. The average molecular weight is 377 g/mol. The lowest BCUT2D eigenvalue weighted by Gasteiger charge is -2.33. The van der Waals surface area contributed by atoms with Crippen LogP contribution in [0.2, 0.25) is 0 Å². The van der Waals surface area contributed by atoms with E-state index in [0.29, 0.717) is 24.7 Å². The summed E-state index contributed by atoms with van der Waals surface area (Å²) in [7, 11) is 0. The van der Waals surface area contributed by atoms with Crippen LogP contribution in [0, 0.1) is 6.92 Å². The Labute approximate surface area is 165 Å². The number of fused-ring (bicyclic) bond motifs is 1. The number of benzene rings is 2. The summed E-state index contributed by atoms with van der Waals surface area (Å²) in [6, 6.07) is 16.5. The van der Waals surface area contributed by atoms with Gasteiger partial charge >= 0.3 is 0 Å². The molecule has 1 saturated heterocycles. The summed E-state index contributed by atoms with van der Waals surface area (Å²) in [5, 5.41) is 9.64. The number of imidazole rings is 1. The van der Waals surface area contributed by atoms with Crippen molar-refractivity contribution in [3.05, 3.63) is 65.5 Å². The van der Waals surface area contributed by atoms with E-state index in [0.717, 1.165) is 37.0 Å². The van der Waals surface area contributed by atoms with Gasteiger partial charge in [0.25, 0.3) is 0 Å². The summed E-state index contributed by atoms with van der Waals surface area (Å²) < 4.78 is 1.97. The van der Waals surface area contributed by atoms with E-state index < -0.39 is 0 Å². The molecule has 0 aliphatic carbocycles. The van der Waals surface area contributed by atoms with Gasteiger partial charge < -0.3 is 14.6 Å². The molecule has 146 valence electrons. The van der Waals surface area contributed by atoms with Gasteiger partial charge in [-0.1, -0.05) is 42.0 Å². The molecule has 0 radical (unpaired) electrons. The predicted octanol–water partition coefficient (Wildman–Crippen LogP) is 3.63. The number of piperidine rings is 1. The Balaban J connectivity index is 1.44. The molecule has 5 nitrogen and oxygen atoms in total. The average Bonchev–Trinajstić information content (AvgIpc) is 3.10. The van der Waals surface area contributed by atoms with E-state index in [9.17, 15) is 9.90 Å². The quantitative estimate of drug-likeness (QED) is 0.739. The number of para-hydroxylation sites is 2. The first kappa shape index (κ1) is 18.7. The maximum Gasteiger partial charge on any atom is 0.224 e. The second kappa shape index (κ2) is 8.15. The summed E-state index contributed by atoms with van der Waals surface area (Å²) in [6.07, 6.45) is 2.60. The highest BCUT2D eigenvalue weighted by atomic mass is 16.3. The number of carbonyl (C=O) groups is 1. The van der Waals surface area contributed by atoms with Crippen LogP contribution in [0.25, 0.3) is 11.0 Å². The SMILES string of the molecule is Cc1cccc([C@H]2CCCN(C(=O)CCn3c(CO)nc4ccccc43)C2)c1. The Kier molecular flexibility index (Phi) is 5.44. The van der Waals surface area contributed by atoms with Gasteiger partial charge in [0.2, 0.25) is 5.91 Å². The molecule has 4 rings (SSSR count). The number of aromatic nitrogens is 2. The molecule has 1 atom stereocenters. The zero-order chi connectivity index (χ0) is 19.5. The Morgan fingerprint density at radius 1 is 1.21 bits per heavy atom. The van der Waals surface area contributed by atoms with Crippen LogP contribution in [-0.4, -0.2) is 38.6 Å². The highest BCUT2D eigenvalue weighted by Gasteiger charge is 2.25. The summed E-state index contributed by atoms with van der Waals surface area (Å²) >= 11 is 0. The summed E-state index contributed by atoms with van der Waals surface area (Å²) in [4.78, 5) is 19.4. The minimum Gasteiger partial charge on any atom is -0.388 e. The van der Waals surface area contributed by atoms with Crippen LogP contribution in [0.4, 0.5) is 0 Å². The van der Waals surface area contributed by atoms with E-state index in [1.807, 2.05) is 33.7 Å². The van der Waals surface area contributed by atoms with Crippen LogP contribution in [0.1, 0.15) is 42.1 Å². The van der Waals surface area contributed by atoms with Crippen LogP contribution in [-0.2, 0) is 17.9 Å². The van der Waals surface area contributed by atoms with Gasteiger partial charge in [-0.3, -0.25) is 4.79 Å². The lowest BCUT2D eigenvalue weighted by molar-refractivity contribution is -0.132. The molecule has 1 N–H and O–H groups in total. The van der Waals surface area contributed by atoms with Gasteiger partial charge in [-0.15, -0.1) is 0 Å². The zero-order valence-electron chi connectivity index (χ0n) is 16.3. The minimum absolute atomic E-state index is 0.123. The normalized spacial score (nSPS) is 17.2. The van der Waals surface area contributed by atoms with Gasteiger partial charge in [0, 0.05) is 32.0 Å². The fourth-order valence-corrected chi connectivity index (χ4v) is 4.26. The van der Waals surface area contributed by atoms with Crippen molar-refractivity contribution in [2.24, 2.45) is 0 Å². The van der Waals surface area contributed by atoms with Crippen molar-refractivity contribution in [2.45, 2.75) is 45.3 Å². The lowest BCUT2D eigenvalue weighted by atomic mass is 9.89. The van der Waals surface area contributed by atoms with Gasteiger partial charge in [0.1, 0.15) is 12.4 Å². The van der Waals surface area contributed by atoms with Crippen LogP contribution >= 0.6 is 0 Å². The van der Waals surface area contributed by atoms with E-state index in [2.05, 4.69) is 36.2 Å². The van der Waals surface area contributed by atoms with Crippen molar-refractivity contribution < 1.29 is 9.90 Å². The van der Waals surface area contributed by atoms with Crippen LogP contribution in [0.5, 0.6) is 0 Å². The zero-order valence-corrected chi connectivity index (χ0v) is 16.3. The van der Waals surface area contributed by atoms with Gasteiger partial charge in [0.15, 0.2) is 0 Å². The minimum atomic E-state index is -0.123. The van der Waals surface area contributed by atoms with Gasteiger partial charge in [-0.25, -0.2) is 4.98 Å². The fraction of sp³-hybridized carbons (Fsp3) is 0.391. The van der Waals surface area contributed by atoms with Gasteiger partial charge in [-0.05, 0) is 37.5 Å². The van der Waals surface area contributed by atoms with E-state index in [1.54, 1.807) is 0 Å². The van der Waals surface area contributed by atoms with Crippen LogP contribution < -0.4 is 0 Å². The maximum atomic E-state index is 12.9. The molecule has 0 unspecified atom stereocenters. The monoisotopic (exact) mass is 377 g/mol. The van der Waals surface area contributed by atoms with E-state index >= 15 is 0 Å². The molecule has 0 saturated carbocycles. The van der Waals surface area contributed by atoms with Gasteiger partial charge in [-0.2, -0.15) is 0 Å². The third-order valence-electron chi connectivity index (χ3n) is 5.71. The van der Waals surface area contributed by atoms with Crippen molar-refractivity contribution in [3.63, 3.8) is 0 Å². The van der Waals surface area contributed by atoms with Gasteiger partial charge in [0.05, 0.1) is 11.0 Å². The number of aliphatic hydroxyl groups excluding tert-OH is 1. The summed E-state index contributed by atoms with van der Waals surface area (Å²) in [6.45, 7) is 4.16. The first-order valence-corrected chi connectivity index (χ1v) is 10.0. The van der Waals surface area contributed by atoms with Crippen molar-refractivity contribution in [1.29, 1.82) is 0 Å². The third kappa shape index (κ3) is 3.80. The molecule has 1 aromatic heterocycles. The molecule has 0 spiro atoms. The number of nitrogens with zero attached hydrogens (tertiary/aromatic N) is 3. The molecule has 1 amide bonds. The Morgan fingerprint density at radius 3 is 2.89 bits per heavy atom. The number of hydrogen-bond donors (Lipinski definition) is 1. The molecule has 1 aliphatic heterocycles. The Hall–Kier alpha value is -2.66. The summed E-state index contributed by atoms with van der Waals surface area (Å²) in [5.41, 5.74) is 4.43. The van der Waals surface area contributed by atoms with Crippen LogP contribution in [0.15, 0.2) is 48.5 Å². The lowest BCUT2D eigenvalue weighted by Crippen LogP contribution is -2.39. The number of amides is 1. The molecule has 0 bridgehead atoms. The Morgan fingerprint density at radius 2 is 2.07 bits per heavy atom. The number of rotatable bonds is 5. The molecule has 1 fully saturated rings. The Bertz CT molecular complexity index is 979. The van der Waals surface area contributed by atoms with E-state index in [1.165, 1.54) is 11.1 Å². The third-order valence-corrected chi connectivity index (χ3v) is 5.71. The van der Waals surface area contributed by atoms with Crippen molar-refractivity contribution in [3.8, 4) is 0 Å². The van der Waals surface area contributed by atoms with Crippen molar-refractivity contribution in [1.82, 2.24) is 14.5 Å². The number of carbonyl (C=O) groups excluding carboxylic acids is 1. The van der Waals surface area contributed by atoms with E-state index in [4.69, 9.17) is 0 Å². The van der Waals surface area contributed by atoms with Crippen molar-refractivity contribution >= 4 is 16.9 Å². The first-order valence-electron chi connectivity index (χ1n) is 10.0. The fourth-order valence-electron chi connectivity index (χ4n) is 4.26. The van der Waals surface area contributed by atoms with Crippen LogP contribution in [0.3, 0.4) is 0 Å². The highest BCUT2D eigenvalue weighted by molar-refractivity contribution is 5.78. The maximum absolute atomic E-state index is 12.9. The molecule has 3 aromatic rings. The number of aliphatic hydroxyl groups is 1. The smallest absolute Gasteiger partial charge is 0.224 e. The van der Waals surface area contributed by atoms with E-state index in [-0.39, 0.29) is 12.5 Å². The second-order valence-corrected chi connectivity index (χ2v) is 7.67. The summed E-state index contributed by atoms with van der Waals surface area (Å²) in [5.74, 6) is 1.21. The topological polar surface area (TPSA) is 58.4 Å². The number of likely N-dealkylation sites (tertiary alicyclic amines) is 1. The molecular weight excluding hydrogens is 350 g/mol. The second-order valence-electron chi connectivity index (χ2n) is 7.67. The number of hydrogen-bond acceptors (Lipinski definition) is 3. The molecule has 2 aromatic carbocycles. The first-order chi connectivity index (χ1) is 13.7. The molecular formula is C23H27N3O2. The molecule has 2 heterocycles. The predicted molar refractivity (Wildman–Crippen MR) is 110 cm³/mol. The largest absolute Gasteiger partial charge is 0.388 e. The molecule has 1 aliphatic rings. The molecule has 28 heavy (non-hydrogen) atoms. The van der Waals surface area contributed by atoms with Crippen molar-refractivity contribution in [2.75, 3.05) is 13.1 Å². The standard InChI is InChI=1S/C23H27N3O2/c1-17-6-4-7-18(14-17)19-8-5-12-25(15-19)23(28)11-13-26-21-10-3-2-9-20(21)24-22(26)16-27/h2-4,6-7,9-10,14,19,27H,5,8,11-13,15-16H2,1H3/t19-/m0/s1. The number of aryl methyl sites for hydroxylation is 2. The molecule has 5 heteroatoms.